The molecule has 3 aliphatic heterocycles. The van der Waals surface area contributed by atoms with E-state index in [4.69, 9.17) is 29.3 Å². The number of nitrogens with zero attached hydrogens (tertiary/aromatic N) is 3. The maximum Gasteiger partial charge on any atom is 0.490 e. The largest absolute Gasteiger partial charge is 0.490 e. The number of anilines is 1. The van der Waals surface area contributed by atoms with Gasteiger partial charge in [0.05, 0.1) is 13.2 Å². The Morgan fingerprint density at radius 1 is 0.894 bits per heavy atom. The van der Waals surface area contributed by atoms with Crippen LogP contribution in [0.5, 0.6) is 0 Å². The molecule has 0 bridgehead atoms. The van der Waals surface area contributed by atoms with Crippen LogP contribution in [0.15, 0.2) is 42.5 Å². The van der Waals surface area contributed by atoms with E-state index in [1.54, 1.807) is 7.11 Å². The second-order valence-corrected chi connectivity index (χ2v) is 11.4. The average molecular weight is 678 g/mol. The van der Waals surface area contributed by atoms with Gasteiger partial charge in [0.2, 0.25) is 5.91 Å². The first-order valence-electron chi connectivity index (χ1n) is 14.6. The molecule has 2 fully saturated rings. The van der Waals surface area contributed by atoms with Crippen molar-refractivity contribution in [2.24, 2.45) is 0 Å². The number of carboxylic acid groups (broad SMARTS) is 2. The Hall–Kier alpha value is -3.73. The van der Waals surface area contributed by atoms with Crippen LogP contribution in [0.3, 0.4) is 0 Å². The summed E-state index contributed by atoms with van der Waals surface area (Å²) in [5.74, 6) is -5.29. The van der Waals surface area contributed by atoms with Gasteiger partial charge in [-0.1, -0.05) is 30.3 Å². The van der Waals surface area contributed by atoms with Gasteiger partial charge >= 0.3 is 24.3 Å². The van der Waals surface area contributed by atoms with E-state index in [9.17, 15) is 31.1 Å². The minimum atomic E-state index is -5.08. The van der Waals surface area contributed by atoms with E-state index >= 15 is 0 Å². The number of alkyl halides is 6. The van der Waals surface area contributed by atoms with Crippen LogP contribution < -0.4 is 4.90 Å². The summed E-state index contributed by atoms with van der Waals surface area (Å²) in [5.41, 5.74) is 5.96. The third-order valence-electron chi connectivity index (χ3n) is 8.14. The van der Waals surface area contributed by atoms with Gasteiger partial charge in [-0.25, -0.2) is 9.59 Å². The molecule has 260 valence electrons. The number of halogens is 6. The molecule has 0 aromatic heterocycles. The van der Waals surface area contributed by atoms with Crippen molar-refractivity contribution in [3.05, 3.63) is 53.6 Å². The van der Waals surface area contributed by atoms with Crippen LogP contribution in [0, 0.1) is 0 Å². The molecule has 2 aromatic rings. The van der Waals surface area contributed by atoms with E-state index in [2.05, 4.69) is 64.2 Å². The van der Waals surface area contributed by atoms with Crippen LogP contribution in [-0.2, 0) is 35.9 Å². The number of ether oxygens (including phenoxy) is 2. The Kier molecular flexibility index (Phi) is 12.8. The molecule has 1 amide bonds. The minimum absolute atomic E-state index is 0.0163. The molecule has 16 heteroatoms. The SMILES string of the molecule is COCc1ccccc1-c1ccc2c(c1)C1(CCOCC1)CN2C(=O)CN1CCN(C)CC1.O=C(O)C(F)(F)F.O=C(O)C(F)(F)F. The second kappa shape index (κ2) is 15.9. The van der Waals surface area contributed by atoms with Gasteiger partial charge in [0.1, 0.15) is 0 Å². The molecule has 5 rings (SSSR count). The highest BCUT2D eigenvalue weighted by Gasteiger charge is 2.46. The third-order valence-corrected chi connectivity index (χ3v) is 8.14. The molecule has 0 aliphatic carbocycles. The lowest BCUT2D eigenvalue weighted by Gasteiger charge is -2.35. The van der Waals surface area contributed by atoms with E-state index < -0.39 is 24.3 Å². The Bertz CT molecular complexity index is 1360. The first-order valence-corrected chi connectivity index (χ1v) is 14.6. The lowest BCUT2D eigenvalue weighted by Crippen LogP contribution is -2.49. The van der Waals surface area contributed by atoms with Crippen molar-refractivity contribution in [1.82, 2.24) is 9.80 Å². The summed E-state index contributed by atoms with van der Waals surface area (Å²) in [4.78, 5) is 38.0. The minimum Gasteiger partial charge on any atom is -0.475 e. The fourth-order valence-corrected chi connectivity index (χ4v) is 5.61. The van der Waals surface area contributed by atoms with Gasteiger partial charge < -0.3 is 29.5 Å². The highest BCUT2D eigenvalue weighted by Crippen LogP contribution is 2.48. The number of amides is 1. The van der Waals surface area contributed by atoms with E-state index in [0.29, 0.717) is 13.2 Å². The van der Waals surface area contributed by atoms with Crippen molar-refractivity contribution >= 4 is 23.5 Å². The zero-order valence-corrected chi connectivity index (χ0v) is 25.9. The quantitative estimate of drug-likeness (QED) is 0.444. The van der Waals surface area contributed by atoms with E-state index in [-0.39, 0.29) is 11.3 Å². The summed E-state index contributed by atoms with van der Waals surface area (Å²) in [6.07, 6.45) is -8.25. The van der Waals surface area contributed by atoms with Crippen LogP contribution >= 0.6 is 0 Å². The number of likely N-dealkylation sites (N-methyl/N-ethyl adjacent to an activating group) is 1. The number of carbonyl (C=O) groups excluding carboxylic acids is 1. The molecular weight excluding hydrogens is 640 g/mol. The van der Waals surface area contributed by atoms with Crippen LogP contribution in [-0.4, -0.2) is 117 Å². The molecule has 2 aromatic carbocycles. The number of benzene rings is 2. The van der Waals surface area contributed by atoms with Gasteiger partial charge in [0, 0.05) is 64.1 Å². The summed E-state index contributed by atoms with van der Waals surface area (Å²) in [7, 11) is 3.88. The smallest absolute Gasteiger partial charge is 0.475 e. The molecule has 2 saturated heterocycles. The third kappa shape index (κ3) is 10.1. The lowest BCUT2D eigenvalue weighted by molar-refractivity contribution is -0.193. The number of hydrogen-bond donors (Lipinski definition) is 2. The van der Waals surface area contributed by atoms with Crippen molar-refractivity contribution in [2.45, 2.75) is 37.2 Å². The number of hydrogen-bond acceptors (Lipinski definition) is 7. The van der Waals surface area contributed by atoms with Crippen molar-refractivity contribution in [3.8, 4) is 11.1 Å². The normalized spacial score (nSPS) is 18.0. The molecule has 0 unspecified atom stereocenters. The lowest BCUT2D eigenvalue weighted by atomic mass is 9.75. The van der Waals surface area contributed by atoms with Gasteiger partial charge in [0.25, 0.3) is 0 Å². The van der Waals surface area contributed by atoms with Gasteiger partial charge in [-0.05, 0) is 54.3 Å². The number of carbonyl (C=O) groups is 3. The van der Waals surface area contributed by atoms with Crippen LogP contribution in [0.4, 0.5) is 32.0 Å². The highest BCUT2D eigenvalue weighted by molar-refractivity contribution is 5.98. The fourth-order valence-electron chi connectivity index (χ4n) is 5.61. The van der Waals surface area contributed by atoms with E-state index in [1.807, 2.05) is 0 Å². The molecular formula is C31H37F6N3O7. The first kappa shape index (κ1) is 37.7. The molecule has 1 spiro atoms. The molecule has 0 atom stereocenters. The summed E-state index contributed by atoms with van der Waals surface area (Å²) in [5, 5.41) is 14.2. The van der Waals surface area contributed by atoms with Crippen molar-refractivity contribution in [1.29, 1.82) is 0 Å². The Labute approximate surface area is 267 Å². The van der Waals surface area contributed by atoms with Gasteiger partial charge in [-0.15, -0.1) is 0 Å². The maximum absolute atomic E-state index is 13.5. The van der Waals surface area contributed by atoms with Crippen LogP contribution in [0.1, 0.15) is 24.0 Å². The number of rotatable bonds is 5. The standard InChI is InChI=1S/C27H35N3O3.2C2HF3O2/c1-28-11-13-29(14-12-28)18-26(31)30-20-27(9-15-33-16-10-27)24-17-21(7-8-25(24)30)23-6-4-3-5-22(23)19-32-2;2*3-2(4,5)1(6)7/h3-8,17H,9-16,18-20H2,1-2H3;2*(H,6,7). The number of fused-ring (bicyclic) bond motifs is 2. The van der Waals surface area contributed by atoms with Gasteiger partial charge in [0.15, 0.2) is 0 Å². The molecule has 0 saturated carbocycles. The monoisotopic (exact) mass is 677 g/mol. The van der Waals surface area contributed by atoms with Gasteiger partial charge in [-0.2, -0.15) is 26.3 Å². The van der Waals surface area contributed by atoms with Crippen LogP contribution in [0.2, 0.25) is 0 Å². The summed E-state index contributed by atoms with van der Waals surface area (Å²) < 4.78 is 74.6. The fraction of sp³-hybridized carbons (Fsp3) is 0.516. The molecule has 3 heterocycles. The van der Waals surface area contributed by atoms with Crippen molar-refractivity contribution < 1.29 is 60.4 Å². The Balaban J connectivity index is 0.000000360. The molecule has 10 nitrogen and oxygen atoms in total. The van der Waals surface area contributed by atoms with Crippen LogP contribution in [0.25, 0.3) is 11.1 Å². The number of methoxy groups -OCH3 is 1. The van der Waals surface area contributed by atoms with Crippen molar-refractivity contribution in [2.75, 3.05) is 71.5 Å². The summed E-state index contributed by atoms with van der Waals surface area (Å²) in [6, 6.07) is 15.1. The van der Waals surface area contributed by atoms with Crippen molar-refractivity contribution in [3.63, 3.8) is 0 Å². The number of aliphatic carboxylic acids is 2. The Morgan fingerprint density at radius 3 is 1.98 bits per heavy atom. The predicted molar refractivity (Wildman–Crippen MR) is 158 cm³/mol. The summed E-state index contributed by atoms with van der Waals surface area (Å²) >= 11 is 0. The number of carboxylic acids is 2. The first-order chi connectivity index (χ1) is 22.0. The predicted octanol–water partition coefficient (Wildman–Crippen LogP) is 4.41. The molecule has 0 radical (unpaired) electrons. The second-order valence-electron chi connectivity index (χ2n) is 11.4. The van der Waals surface area contributed by atoms with E-state index in [1.165, 1.54) is 22.3 Å². The zero-order chi connectivity index (χ0) is 35.0. The molecule has 3 aliphatic rings. The van der Waals surface area contributed by atoms with E-state index in [0.717, 1.165) is 64.5 Å². The number of piperazine rings is 1. The maximum atomic E-state index is 13.5. The molecule has 47 heavy (non-hydrogen) atoms. The average Bonchev–Trinajstić information content (AvgIpc) is 3.31. The topological polar surface area (TPSA) is 120 Å². The Morgan fingerprint density at radius 2 is 1.45 bits per heavy atom. The highest BCUT2D eigenvalue weighted by atomic mass is 19.4. The van der Waals surface area contributed by atoms with Gasteiger partial charge in [-0.3, -0.25) is 9.69 Å². The summed E-state index contributed by atoms with van der Waals surface area (Å²) in [6.45, 7) is 7.31. The zero-order valence-electron chi connectivity index (χ0n) is 25.9. The molecule has 2 N–H and O–H groups in total.